The van der Waals surface area contributed by atoms with Crippen molar-refractivity contribution in [3.05, 3.63) is 53.6 Å². The number of nitrogens with two attached hydrogens (primary N) is 1. The second kappa shape index (κ2) is 11.6. The fourth-order valence-corrected chi connectivity index (χ4v) is 4.65. The molecule has 2 aromatic heterocycles. The second-order valence-corrected chi connectivity index (χ2v) is 8.41. The molecule has 0 amide bonds. The van der Waals surface area contributed by atoms with Gasteiger partial charge in [-0.25, -0.2) is 23.1 Å². The van der Waals surface area contributed by atoms with Crippen LogP contribution in [0.5, 0.6) is 5.75 Å². The zero-order valence-electron chi connectivity index (χ0n) is 18.4. The van der Waals surface area contributed by atoms with Gasteiger partial charge in [0.25, 0.3) is 0 Å². The van der Waals surface area contributed by atoms with Gasteiger partial charge in [0.15, 0.2) is 5.65 Å². The van der Waals surface area contributed by atoms with Gasteiger partial charge in [-0.2, -0.15) is 5.10 Å². The number of rotatable bonds is 5. The average molecular weight is 553 g/mol. The van der Waals surface area contributed by atoms with Crippen LogP contribution in [0.3, 0.4) is 0 Å². The molecule has 4 atom stereocenters. The third-order valence-electron chi connectivity index (χ3n) is 6.18. The Balaban J connectivity index is 0.00000144. The molecule has 1 saturated carbocycles. The fourth-order valence-electron chi connectivity index (χ4n) is 4.65. The smallest absolute Gasteiger partial charge is 0.341 e. The minimum atomic E-state index is -1.15. The molecule has 1 saturated heterocycles. The molecular formula is C22H26Cl3F2N5O3. The summed E-state index contributed by atoms with van der Waals surface area (Å²) in [4.78, 5) is 17.7. The van der Waals surface area contributed by atoms with Crippen molar-refractivity contribution in [2.75, 3.05) is 11.4 Å². The average Bonchev–Trinajstić information content (AvgIpc) is 3.47. The van der Waals surface area contributed by atoms with Crippen LogP contribution < -0.4 is 15.4 Å². The van der Waals surface area contributed by atoms with E-state index in [-0.39, 0.29) is 73.5 Å². The van der Waals surface area contributed by atoms with Crippen LogP contribution in [-0.4, -0.2) is 50.5 Å². The Morgan fingerprint density at radius 3 is 2.63 bits per heavy atom. The number of fused-ring (bicyclic) bond motifs is 1. The van der Waals surface area contributed by atoms with Gasteiger partial charge in [0.2, 0.25) is 0 Å². The first-order chi connectivity index (χ1) is 15.4. The van der Waals surface area contributed by atoms with Crippen LogP contribution in [0.25, 0.3) is 5.65 Å². The summed E-state index contributed by atoms with van der Waals surface area (Å²) in [6.45, 7) is 0.0502. The topological polar surface area (TPSA) is 106 Å². The molecule has 3 aromatic rings. The number of carboxylic acids is 1. The summed E-state index contributed by atoms with van der Waals surface area (Å²) in [5.74, 6) is -0.693. The number of aromatic nitrogens is 3. The Hall–Kier alpha value is -2.40. The molecule has 3 N–H and O–H groups in total. The van der Waals surface area contributed by atoms with Gasteiger partial charge >= 0.3 is 5.97 Å². The van der Waals surface area contributed by atoms with E-state index in [1.165, 1.54) is 22.8 Å². The van der Waals surface area contributed by atoms with E-state index in [1.54, 1.807) is 23.2 Å². The Morgan fingerprint density at radius 1 is 1.17 bits per heavy atom. The first kappa shape index (κ1) is 28.8. The van der Waals surface area contributed by atoms with E-state index in [0.29, 0.717) is 23.6 Å². The van der Waals surface area contributed by atoms with E-state index >= 15 is 0 Å². The summed E-state index contributed by atoms with van der Waals surface area (Å²) in [6, 6.07) is 5.49. The SMILES string of the molecule is Cl.Cl.Cl.N[C@H]1CC[C@@H](Oc2ccc(F)cc2[C@H]2C[C@H](F)CN2c2ccn3ncc(C(=O)O)c3n2)C1. The molecule has 1 aromatic carbocycles. The van der Waals surface area contributed by atoms with Crippen molar-refractivity contribution in [2.45, 2.75) is 50.0 Å². The van der Waals surface area contributed by atoms with Crippen molar-refractivity contribution in [1.82, 2.24) is 14.6 Å². The third-order valence-corrected chi connectivity index (χ3v) is 6.18. The number of carbonyl (C=O) groups is 1. The maximum absolute atomic E-state index is 14.6. The third kappa shape index (κ3) is 5.72. The molecule has 2 aliphatic rings. The first-order valence-electron chi connectivity index (χ1n) is 10.6. The van der Waals surface area contributed by atoms with Crippen LogP contribution in [-0.2, 0) is 0 Å². The quantitative estimate of drug-likeness (QED) is 0.484. The number of carboxylic acid groups (broad SMARTS) is 1. The van der Waals surface area contributed by atoms with Gasteiger partial charge in [-0.15, -0.1) is 37.2 Å². The van der Waals surface area contributed by atoms with E-state index in [9.17, 15) is 18.7 Å². The van der Waals surface area contributed by atoms with E-state index in [0.717, 1.165) is 12.8 Å². The lowest BCUT2D eigenvalue weighted by molar-refractivity contribution is 0.0698. The lowest BCUT2D eigenvalue weighted by atomic mass is 10.0. The van der Waals surface area contributed by atoms with Gasteiger partial charge in [-0.1, -0.05) is 0 Å². The number of halogens is 5. The summed E-state index contributed by atoms with van der Waals surface area (Å²) >= 11 is 0. The van der Waals surface area contributed by atoms with Crippen molar-refractivity contribution in [2.24, 2.45) is 5.73 Å². The monoisotopic (exact) mass is 551 g/mol. The van der Waals surface area contributed by atoms with Gasteiger partial charge in [0.05, 0.1) is 18.8 Å². The van der Waals surface area contributed by atoms with Crippen LogP contribution in [0.4, 0.5) is 14.6 Å². The van der Waals surface area contributed by atoms with E-state index in [2.05, 4.69) is 10.1 Å². The van der Waals surface area contributed by atoms with Crippen LogP contribution in [0.2, 0.25) is 0 Å². The van der Waals surface area contributed by atoms with E-state index < -0.39 is 24.0 Å². The highest BCUT2D eigenvalue weighted by Gasteiger charge is 2.37. The number of aromatic carboxylic acids is 1. The lowest BCUT2D eigenvalue weighted by Crippen LogP contribution is -2.26. The van der Waals surface area contributed by atoms with E-state index in [4.69, 9.17) is 10.5 Å². The summed E-state index contributed by atoms with van der Waals surface area (Å²) < 4.78 is 36.4. The molecular weight excluding hydrogens is 527 g/mol. The van der Waals surface area contributed by atoms with Crippen LogP contribution in [0.1, 0.15) is 47.6 Å². The second-order valence-electron chi connectivity index (χ2n) is 8.41. The number of hydrogen-bond acceptors (Lipinski definition) is 6. The standard InChI is InChI=1S/C22H23F2N5O3.3ClH/c23-12-1-4-19(32-15-3-2-14(25)9-15)16(7-12)18-8-13(24)11-28(18)20-5-6-29-21(27-20)17(10-26-29)22(30)31;;;/h1,4-7,10,13-15,18H,2-3,8-9,11,25H2,(H,30,31);3*1H/t13-,14-,15+,18+;;;/m0.../s1. The zero-order valence-corrected chi connectivity index (χ0v) is 20.9. The zero-order chi connectivity index (χ0) is 22.4. The molecule has 3 heterocycles. The molecule has 0 bridgehead atoms. The van der Waals surface area contributed by atoms with Gasteiger partial charge in [-0.05, 0) is 43.5 Å². The normalized spacial score (nSPS) is 23.3. The number of alkyl halides is 1. The Morgan fingerprint density at radius 2 is 1.94 bits per heavy atom. The predicted molar refractivity (Wildman–Crippen MR) is 134 cm³/mol. The molecule has 192 valence electrons. The molecule has 13 heteroatoms. The highest BCUT2D eigenvalue weighted by Crippen LogP contribution is 2.41. The van der Waals surface area contributed by atoms with Gasteiger partial charge < -0.3 is 20.5 Å². The Kier molecular flexibility index (Phi) is 9.52. The number of nitrogens with zero attached hydrogens (tertiary/aromatic N) is 4. The molecule has 8 nitrogen and oxygen atoms in total. The van der Waals surface area contributed by atoms with Crippen molar-refractivity contribution < 1.29 is 23.4 Å². The van der Waals surface area contributed by atoms with E-state index in [1.807, 2.05) is 0 Å². The predicted octanol–water partition coefficient (Wildman–Crippen LogP) is 4.38. The number of benzene rings is 1. The number of ether oxygens (including phenoxy) is 1. The largest absolute Gasteiger partial charge is 0.490 e. The van der Waals surface area contributed by atoms with Crippen molar-refractivity contribution in [1.29, 1.82) is 0 Å². The first-order valence-corrected chi connectivity index (χ1v) is 10.6. The lowest BCUT2D eigenvalue weighted by Gasteiger charge is -2.28. The molecule has 1 aliphatic carbocycles. The molecule has 0 unspecified atom stereocenters. The minimum absolute atomic E-state index is 0. The molecule has 0 spiro atoms. The molecule has 0 radical (unpaired) electrons. The van der Waals surface area contributed by atoms with Gasteiger partial charge in [-0.3, -0.25) is 0 Å². The van der Waals surface area contributed by atoms with Crippen molar-refractivity contribution in [3.63, 3.8) is 0 Å². The summed E-state index contributed by atoms with van der Waals surface area (Å²) in [5.41, 5.74) is 6.65. The van der Waals surface area contributed by atoms with Crippen LogP contribution in [0.15, 0.2) is 36.7 Å². The van der Waals surface area contributed by atoms with Crippen molar-refractivity contribution in [3.8, 4) is 5.75 Å². The summed E-state index contributed by atoms with van der Waals surface area (Å²) in [6.07, 6.45) is 4.12. The summed E-state index contributed by atoms with van der Waals surface area (Å²) in [5, 5.41) is 13.4. The van der Waals surface area contributed by atoms with Crippen molar-refractivity contribution >= 4 is 54.7 Å². The maximum Gasteiger partial charge on any atom is 0.341 e. The fraction of sp³-hybridized carbons (Fsp3) is 0.409. The van der Waals surface area contributed by atoms with Gasteiger partial charge in [0, 0.05) is 24.2 Å². The summed E-state index contributed by atoms with van der Waals surface area (Å²) in [7, 11) is 0. The minimum Gasteiger partial charge on any atom is -0.490 e. The molecule has 1 aliphatic heterocycles. The Labute approximate surface area is 219 Å². The highest BCUT2D eigenvalue weighted by molar-refractivity contribution is 5.94. The Bertz CT molecular complexity index is 1180. The highest BCUT2D eigenvalue weighted by atomic mass is 35.5. The number of anilines is 1. The molecule has 35 heavy (non-hydrogen) atoms. The molecule has 5 rings (SSSR count). The number of hydrogen-bond donors (Lipinski definition) is 2. The van der Waals surface area contributed by atoms with Crippen LogP contribution in [0, 0.1) is 5.82 Å². The van der Waals surface area contributed by atoms with Gasteiger partial charge in [0.1, 0.15) is 35.2 Å². The van der Waals surface area contributed by atoms with Crippen LogP contribution >= 0.6 is 37.2 Å². The maximum atomic E-state index is 14.6. The molecule has 2 fully saturated rings.